The molecule has 18 heavy (non-hydrogen) atoms. The van der Waals surface area contributed by atoms with E-state index in [2.05, 4.69) is 15.6 Å². The summed E-state index contributed by atoms with van der Waals surface area (Å²) in [5.41, 5.74) is -1.30. The smallest absolute Gasteiger partial charge is 0.311 e. The van der Waals surface area contributed by atoms with Crippen molar-refractivity contribution < 1.29 is 15.1 Å². The minimum atomic E-state index is -1.08. The van der Waals surface area contributed by atoms with Crippen LogP contribution in [-0.2, 0) is 0 Å². The molecule has 0 saturated heterocycles. The third kappa shape index (κ3) is 3.05. The lowest BCUT2D eigenvalue weighted by Crippen LogP contribution is -2.43. The summed E-state index contributed by atoms with van der Waals surface area (Å²) in [5, 5.41) is 34.6. The second-order valence-electron chi connectivity index (χ2n) is 4.07. The first-order valence-electron chi connectivity index (χ1n) is 5.29. The van der Waals surface area contributed by atoms with Crippen LogP contribution in [0.5, 0.6) is 0 Å². The maximum Gasteiger partial charge on any atom is 0.311 e. The van der Waals surface area contributed by atoms with E-state index in [4.69, 9.17) is 10.2 Å². The first-order valence-corrected chi connectivity index (χ1v) is 5.29. The Hall–Kier alpha value is -1.93. The maximum absolute atomic E-state index is 10.9. The van der Waals surface area contributed by atoms with Gasteiger partial charge in [-0.15, -0.1) is 0 Å². The fourth-order valence-corrected chi connectivity index (χ4v) is 1.25. The summed E-state index contributed by atoms with van der Waals surface area (Å²) in [6, 6.07) is 2.77. The summed E-state index contributed by atoms with van der Waals surface area (Å²) >= 11 is 0. The third-order valence-electron chi connectivity index (χ3n) is 2.44. The first kappa shape index (κ1) is 14.1. The highest BCUT2D eigenvalue weighted by Gasteiger charge is 2.27. The molecule has 0 aliphatic rings. The lowest BCUT2D eigenvalue weighted by Gasteiger charge is -2.26. The van der Waals surface area contributed by atoms with E-state index in [0.29, 0.717) is 5.82 Å². The van der Waals surface area contributed by atoms with Crippen molar-refractivity contribution in [1.82, 2.24) is 4.98 Å². The van der Waals surface area contributed by atoms with E-state index in [0.717, 1.165) is 0 Å². The van der Waals surface area contributed by atoms with Crippen molar-refractivity contribution in [2.45, 2.75) is 12.5 Å². The van der Waals surface area contributed by atoms with Gasteiger partial charge in [0.05, 0.1) is 23.7 Å². The quantitative estimate of drug-likeness (QED) is 0.423. The Bertz CT molecular complexity index is 434. The van der Waals surface area contributed by atoms with Crippen LogP contribution in [0.3, 0.4) is 0 Å². The van der Waals surface area contributed by atoms with E-state index in [1.165, 1.54) is 19.1 Å². The van der Waals surface area contributed by atoms with Crippen LogP contribution in [0.15, 0.2) is 12.1 Å². The van der Waals surface area contributed by atoms with Gasteiger partial charge in [0.2, 0.25) is 5.82 Å². The highest BCUT2D eigenvalue weighted by atomic mass is 16.6. The molecule has 0 bridgehead atoms. The Balaban J connectivity index is 3.15. The minimum absolute atomic E-state index is 0.00236. The van der Waals surface area contributed by atoms with E-state index in [1.54, 1.807) is 7.05 Å². The molecule has 0 aromatic carbocycles. The molecule has 100 valence electrons. The van der Waals surface area contributed by atoms with Crippen molar-refractivity contribution in [3.05, 3.63) is 22.2 Å². The van der Waals surface area contributed by atoms with Gasteiger partial charge < -0.3 is 20.8 Å². The van der Waals surface area contributed by atoms with Gasteiger partial charge in [-0.3, -0.25) is 10.1 Å². The Kier molecular flexibility index (Phi) is 4.40. The standard InChI is InChI=1S/C10H16N4O4/c1-10(5-15,6-16)13-9-7(14(17)18)3-4-8(11-2)12-9/h3-4,15-16H,5-6H2,1-2H3,(H2,11,12,13). The Morgan fingerprint density at radius 2 is 2.06 bits per heavy atom. The molecule has 1 heterocycles. The molecule has 0 aliphatic heterocycles. The number of aliphatic hydroxyl groups excluding tert-OH is 2. The fourth-order valence-electron chi connectivity index (χ4n) is 1.25. The Morgan fingerprint density at radius 3 is 2.50 bits per heavy atom. The number of pyridine rings is 1. The molecule has 0 aliphatic carbocycles. The predicted molar refractivity (Wildman–Crippen MR) is 66.6 cm³/mol. The van der Waals surface area contributed by atoms with Crippen molar-refractivity contribution in [2.24, 2.45) is 0 Å². The van der Waals surface area contributed by atoms with Crippen LogP contribution in [0.4, 0.5) is 17.3 Å². The molecule has 0 saturated carbocycles. The van der Waals surface area contributed by atoms with Gasteiger partial charge in [-0.1, -0.05) is 0 Å². The van der Waals surface area contributed by atoms with Gasteiger partial charge in [0.1, 0.15) is 5.82 Å². The summed E-state index contributed by atoms with van der Waals surface area (Å²) in [7, 11) is 1.63. The van der Waals surface area contributed by atoms with Gasteiger partial charge in [0.15, 0.2) is 0 Å². The third-order valence-corrected chi connectivity index (χ3v) is 2.44. The lowest BCUT2D eigenvalue weighted by molar-refractivity contribution is -0.384. The molecule has 8 heteroatoms. The minimum Gasteiger partial charge on any atom is -0.394 e. The Labute approximate surface area is 104 Å². The van der Waals surface area contributed by atoms with Gasteiger partial charge in [0, 0.05) is 13.1 Å². The topological polar surface area (TPSA) is 121 Å². The number of nitro groups is 1. The van der Waals surface area contributed by atoms with Gasteiger partial charge in [-0.25, -0.2) is 4.98 Å². The van der Waals surface area contributed by atoms with Crippen LogP contribution in [0.2, 0.25) is 0 Å². The second kappa shape index (κ2) is 5.61. The van der Waals surface area contributed by atoms with Crippen LogP contribution >= 0.6 is 0 Å². The number of hydrogen-bond donors (Lipinski definition) is 4. The number of nitrogens with one attached hydrogen (secondary N) is 2. The van der Waals surface area contributed by atoms with Gasteiger partial charge in [0.25, 0.3) is 0 Å². The van der Waals surface area contributed by atoms with Crippen LogP contribution in [-0.4, -0.2) is 45.9 Å². The van der Waals surface area contributed by atoms with E-state index in [9.17, 15) is 10.1 Å². The van der Waals surface area contributed by atoms with E-state index >= 15 is 0 Å². The zero-order chi connectivity index (χ0) is 13.8. The number of aliphatic hydroxyl groups is 2. The number of hydrogen-bond acceptors (Lipinski definition) is 7. The van der Waals surface area contributed by atoms with E-state index in [1.807, 2.05) is 0 Å². The molecule has 8 nitrogen and oxygen atoms in total. The molecule has 0 radical (unpaired) electrons. The Morgan fingerprint density at radius 1 is 1.44 bits per heavy atom. The van der Waals surface area contributed by atoms with Crippen molar-refractivity contribution in [3.63, 3.8) is 0 Å². The molecule has 0 unspecified atom stereocenters. The number of nitrogens with zero attached hydrogens (tertiary/aromatic N) is 2. The van der Waals surface area contributed by atoms with Crippen LogP contribution in [0, 0.1) is 10.1 Å². The number of aromatic nitrogens is 1. The summed E-state index contributed by atoms with van der Waals surface area (Å²) in [5.74, 6) is 0.443. The molecule has 4 N–H and O–H groups in total. The SMILES string of the molecule is CNc1ccc([N+](=O)[O-])c(NC(C)(CO)CO)n1. The van der Waals surface area contributed by atoms with Gasteiger partial charge in [-0.2, -0.15) is 0 Å². The molecule has 1 rings (SSSR count). The fraction of sp³-hybridized carbons (Fsp3) is 0.500. The monoisotopic (exact) mass is 256 g/mol. The first-order chi connectivity index (χ1) is 8.45. The number of anilines is 2. The molecular formula is C10H16N4O4. The van der Waals surface area contributed by atoms with Crippen molar-refractivity contribution in [3.8, 4) is 0 Å². The van der Waals surface area contributed by atoms with Gasteiger partial charge in [-0.05, 0) is 13.0 Å². The van der Waals surface area contributed by atoms with Crippen LogP contribution in [0.1, 0.15) is 6.92 Å². The average Bonchev–Trinajstić information content (AvgIpc) is 2.38. The van der Waals surface area contributed by atoms with Crippen molar-refractivity contribution in [2.75, 3.05) is 30.9 Å². The zero-order valence-corrected chi connectivity index (χ0v) is 10.2. The normalized spacial score (nSPS) is 11.1. The predicted octanol–water partition coefficient (Wildman–Crippen LogP) is 0.187. The largest absolute Gasteiger partial charge is 0.394 e. The maximum atomic E-state index is 10.9. The van der Waals surface area contributed by atoms with E-state index in [-0.39, 0.29) is 24.7 Å². The van der Waals surface area contributed by atoms with Crippen LogP contribution in [0.25, 0.3) is 0 Å². The number of rotatable bonds is 6. The summed E-state index contributed by atoms with van der Waals surface area (Å²) in [4.78, 5) is 14.3. The summed E-state index contributed by atoms with van der Waals surface area (Å²) < 4.78 is 0. The highest BCUT2D eigenvalue weighted by Crippen LogP contribution is 2.26. The van der Waals surface area contributed by atoms with E-state index < -0.39 is 10.5 Å². The molecule has 0 atom stereocenters. The molecular weight excluding hydrogens is 240 g/mol. The summed E-state index contributed by atoms with van der Waals surface area (Å²) in [6.07, 6.45) is 0. The zero-order valence-electron chi connectivity index (χ0n) is 10.2. The molecule has 0 amide bonds. The van der Waals surface area contributed by atoms with Gasteiger partial charge >= 0.3 is 5.69 Å². The van der Waals surface area contributed by atoms with Crippen molar-refractivity contribution in [1.29, 1.82) is 0 Å². The average molecular weight is 256 g/mol. The van der Waals surface area contributed by atoms with Crippen LogP contribution < -0.4 is 10.6 Å². The highest BCUT2D eigenvalue weighted by molar-refractivity contribution is 5.61. The molecule has 1 aromatic heterocycles. The summed E-state index contributed by atoms with van der Waals surface area (Å²) in [6.45, 7) is 0.767. The lowest BCUT2D eigenvalue weighted by atomic mass is 10.1. The second-order valence-corrected chi connectivity index (χ2v) is 4.07. The molecule has 1 aromatic rings. The molecule has 0 spiro atoms. The molecule has 0 fully saturated rings. The van der Waals surface area contributed by atoms with Crippen molar-refractivity contribution >= 4 is 17.3 Å².